The second-order valence-corrected chi connectivity index (χ2v) is 7.25. The molecule has 1 atom stereocenters. The van der Waals surface area contributed by atoms with Crippen LogP contribution in [0.1, 0.15) is 29.2 Å². The molecule has 1 aliphatic heterocycles. The highest BCUT2D eigenvalue weighted by molar-refractivity contribution is 5.80. The molecule has 1 unspecified atom stereocenters. The van der Waals surface area contributed by atoms with Gasteiger partial charge in [-0.25, -0.2) is 0 Å². The van der Waals surface area contributed by atoms with Gasteiger partial charge in [-0.1, -0.05) is 30.3 Å². The molecule has 0 spiro atoms. The van der Waals surface area contributed by atoms with Crippen molar-refractivity contribution in [2.24, 2.45) is 0 Å². The molecule has 0 aliphatic carbocycles. The van der Waals surface area contributed by atoms with E-state index in [4.69, 9.17) is 0 Å². The second-order valence-electron chi connectivity index (χ2n) is 7.25. The third-order valence-corrected chi connectivity index (χ3v) is 5.57. The Hall–Kier alpha value is -3.08. The van der Waals surface area contributed by atoms with Crippen LogP contribution in [0.4, 0.5) is 22.7 Å². The molecule has 3 aromatic rings. The van der Waals surface area contributed by atoms with Crippen molar-refractivity contribution in [3.63, 3.8) is 0 Å². The van der Waals surface area contributed by atoms with Gasteiger partial charge in [0.25, 0.3) is 10.9 Å². The first-order chi connectivity index (χ1) is 13.0. The van der Waals surface area contributed by atoms with Crippen LogP contribution >= 0.6 is 0 Å². The summed E-state index contributed by atoms with van der Waals surface area (Å²) in [7, 11) is 2.07. The average Bonchev–Trinajstić information content (AvgIpc) is 2.69. The SMILES string of the molecule is Cc1cccc(Nc2c(NC3CCN(C)c4ccccc43)c(=O)c2=O)c1C. The van der Waals surface area contributed by atoms with Crippen molar-refractivity contribution in [1.29, 1.82) is 0 Å². The summed E-state index contributed by atoms with van der Waals surface area (Å²) < 4.78 is 0. The molecule has 0 amide bonds. The van der Waals surface area contributed by atoms with Gasteiger partial charge in [-0.15, -0.1) is 0 Å². The fraction of sp³-hybridized carbons (Fsp3) is 0.273. The first-order valence-corrected chi connectivity index (χ1v) is 9.20. The van der Waals surface area contributed by atoms with Gasteiger partial charge in [-0.05, 0) is 49.1 Å². The Bertz CT molecular complexity index is 1080. The summed E-state index contributed by atoms with van der Waals surface area (Å²) in [6, 6.07) is 14.1. The van der Waals surface area contributed by atoms with Crippen molar-refractivity contribution in [3.05, 3.63) is 79.6 Å². The first kappa shape index (κ1) is 17.3. The largest absolute Gasteiger partial charge is 0.374 e. The Labute approximate surface area is 158 Å². The van der Waals surface area contributed by atoms with Crippen LogP contribution in [0.15, 0.2) is 52.1 Å². The van der Waals surface area contributed by atoms with E-state index in [1.165, 1.54) is 0 Å². The Morgan fingerprint density at radius 3 is 2.52 bits per heavy atom. The Morgan fingerprint density at radius 2 is 1.70 bits per heavy atom. The lowest BCUT2D eigenvalue weighted by Gasteiger charge is -2.34. The van der Waals surface area contributed by atoms with Gasteiger partial charge in [0.1, 0.15) is 11.4 Å². The molecule has 138 valence electrons. The lowest BCUT2D eigenvalue weighted by molar-refractivity contribution is 0.647. The molecule has 0 radical (unpaired) electrons. The lowest BCUT2D eigenvalue weighted by Crippen LogP contribution is -2.39. The maximum Gasteiger partial charge on any atom is 0.253 e. The number of para-hydroxylation sites is 1. The minimum Gasteiger partial charge on any atom is -0.374 e. The average molecular weight is 361 g/mol. The number of nitrogens with one attached hydrogen (secondary N) is 2. The van der Waals surface area contributed by atoms with Crippen LogP contribution in [0, 0.1) is 13.8 Å². The Morgan fingerprint density at radius 1 is 0.963 bits per heavy atom. The number of benzene rings is 2. The fourth-order valence-electron chi connectivity index (χ4n) is 3.72. The summed E-state index contributed by atoms with van der Waals surface area (Å²) in [4.78, 5) is 26.7. The zero-order valence-corrected chi connectivity index (χ0v) is 15.8. The summed E-state index contributed by atoms with van der Waals surface area (Å²) in [5.74, 6) is 0. The molecule has 1 aliphatic rings. The van der Waals surface area contributed by atoms with E-state index in [1.807, 2.05) is 44.2 Å². The molecule has 2 N–H and O–H groups in total. The van der Waals surface area contributed by atoms with Gasteiger partial charge in [0.15, 0.2) is 0 Å². The number of rotatable bonds is 4. The molecule has 3 aromatic carbocycles. The predicted molar refractivity (Wildman–Crippen MR) is 111 cm³/mol. The van der Waals surface area contributed by atoms with E-state index in [0.29, 0.717) is 11.4 Å². The summed E-state index contributed by atoms with van der Waals surface area (Å²) in [5.41, 5.74) is 5.22. The van der Waals surface area contributed by atoms with Crippen molar-refractivity contribution in [1.82, 2.24) is 0 Å². The van der Waals surface area contributed by atoms with Crippen LogP contribution < -0.4 is 26.4 Å². The molecule has 0 bridgehead atoms. The second kappa shape index (κ2) is 6.58. The highest BCUT2D eigenvalue weighted by atomic mass is 16.2. The number of aryl methyl sites for hydroxylation is 1. The Kier molecular flexibility index (Phi) is 4.22. The molecule has 4 rings (SSSR count). The van der Waals surface area contributed by atoms with Crippen LogP contribution in [0.3, 0.4) is 0 Å². The number of anilines is 4. The molecule has 5 heteroatoms. The van der Waals surface area contributed by atoms with Gasteiger partial charge in [-0.3, -0.25) is 9.59 Å². The number of hydrogen-bond donors (Lipinski definition) is 2. The van der Waals surface area contributed by atoms with Crippen molar-refractivity contribution in [3.8, 4) is 0 Å². The third kappa shape index (κ3) is 2.89. The molecule has 0 aromatic heterocycles. The highest BCUT2D eigenvalue weighted by Gasteiger charge is 2.28. The molecular formula is C22H23N3O2. The van der Waals surface area contributed by atoms with E-state index in [-0.39, 0.29) is 6.04 Å². The summed E-state index contributed by atoms with van der Waals surface area (Å²) in [6.07, 6.45) is 0.870. The Balaban J connectivity index is 1.64. The molecular weight excluding hydrogens is 338 g/mol. The van der Waals surface area contributed by atoms with E-state index >= 15 is 0 Å². The zero-order valence-electron chi connectivity index (χ0n) is 15.8. The summed E-state index contributed by atoms with van der Waals surface area (Å²) in [5, 5.41) is 6.51. The van der Waals surface area contributed by atoms with Gasteiger partial charge >= 0.3 is 0 Å². The van der Waals surface area contributed by atoms with Crippen molar-refractivity contribution in [2.45, 2.75) is 26.3 Å². The normalized spacial score (nSPS) is 16.3. The summed E-state index contributed by atoms with van der Waals surface area (Å²) >= 11 is 0. The zero-order chi connectivity index (χ0) is 19.1. The molecule has 1 heterocycles. The predicted octanol–water partition coefficient (Wildman–Crippen LogP) is 3.64. The molecule has 0 fully saturated rings. The van der Waals surface area contributed by atoms with Crippen molar-refractivity contribution in [2.75, 3.05) is 29.1 Å². The number of fused-ring (bicyclic) bond motifs is 1. The smallest absolute Gasteiger partial charge is 0.253 e. The fourth-order valence-corrected chi connectivity index (χ4v) is 3.72. The third-order valence-electron chi connectivity index (χ3n) is 5.57. The maximum atomic E-state index is 12.2. The molecule has 5 nitrogen and oxygen atoms in total. The van der Waals surface area contributed by atoms with Gasteiger partial charge in [-0.2, -0.15) is 0 Å². The topological polar surface area (TPSA) is 61.4 Å². The van der Waals surface area contributed by atoms with Gasteiger partial charge in [0.2, 0.25) is 0 Å². The first-order valence-electron chi connectivity index (χ1n) is 9.20. The lowest BCUT2D eigenvalue weighted by atomic mass is 9.96. The van der Waals surface area contributed by atoms with E-state index in [0.717, 1.165) is 41.0 Å². The van der Waals surface area contributed by atoms with Crippen LogP contribution in [-0.2, 0) is 0 Å². The molecule has 0 saturated carbocycles. The maximum absolute atomic E-state index is 12.2. The van der Waals surface area contributed by atoms with Gasteiger partial charge < -0.3 is 15.5 Å². The van der Waals surface area contributed by atoms with Crippen LogP contribution in [0.5, 0.6) is 0 Å². The van der Waals surface area contributed by atoms with Crippen LogP contribution in [-0.4, -0.2) is 13.6 Å². The molecule has 0 saturated heterocycles. The van der Waals surface area contributed by atoms with Crippen molar-refractivity contribution < 1.29 is 0 Å². The van der Waals surface area contributed by atoms with Crippen LogP contribution in [0.25, 0.3) is 0 Å². The van der Waals surface area contributed by atoms with E-state index < -0.39 is 10.9 Å². The molecule has 27 heavy (non-hydrogen) atoms. The van der Waals surface area contributed by atoms with Gasteiger partial charge in [0.05, 0.1) is 6.04 Å². The highest BCUT2D eigenvalue weighted by Crippen LogP contribution is 2.36. The quantitative estimate of drug-likeness (QED) is 0.695. The van der Waals surface area contributed by atoms with E-state index in [2.05, 4.69) is 34.7 Å². The standard InChI is InChI=1S/C22H23N3O2/c1-13-7-6-9-16(14(13)2)23-19-20(22(27)21(19)26)24-17-11-12-25(3)18-10-5-4-8-15(17)18/h4-10,17,23-24H,11-12H2,1-3H3. The minimum atomic E-state index is -0.459. The number of hydrogen-bond acceptors (Lipinski definition) is 5. The van der Waals surface area contributed by atoms with E-state index in [1.54, 1.807) is 0 Å². The summed E-state index contributed by atoms with van der Waals surface area (Å²) in [6.45, 7) is 4.92. The van der Waals surface area contributed by atoms with E-state index in [9.17, 15) is 9.59 Å². The van der Waals surface area contributed by atoms with Gasteiger partial charge in [0, 0.05) is 25.0 Å². The van der Waals surface area contributed by atoms with Crippen LogP contribution in [0.2, 0.25) is 0 Å². The minimum absolute atomic E-state index is 0.0138. The monoisotopic (exact) mass is 361 g/mol. The number of nitrogens with zero attached hydrogens (tertiary/aromatic N) is 1. The van der Waals surface area contributed by atoms with Crippen molar-refractivity contribution >= 4 is 22.7 Å².